The Morgan fingerprint density at radius 2 is 1.08 bits per heavy atom. The molecule has 0 fully saturated rings. The van der Waals surface area contributed by atoms with E-state index < -0.39 is 6.29 Å². The third-order valence-electron chi connectivity index (χ3n) is 4.36. The molecule has 154 valence electrons. The molecule has 5 heteroatoms. The minimum atomic E-state index is -0.958. The number of esters is 2. The molecule has 0 saturated carbocycles. The predicted octanol–water partition coefficient (Wildman–Crippen LogP) is 5.28. The molecule has 26 heavy (non-hydrogen) atoms. The first-order chi connectivity index (χ1) is 12.6. The highest BCUT2D eigenvalue weighted by Gasteiger charge is 2.18. The van der Waals surface area contributed by atoms with Crippen LogP contribution in [0.4, 0.5) is 0 Å². The van der Waals surface area contributed by atoms with Gasteiger partial charge >= 0.3 is 11.9 Å². The number of carbonyl (C=O) groups excluding carboxylic acids is 2. The summed E-state index contributed by atoms with van der Waals surface area (Å²) in [5.74, 6) is -0.712. The van der Waals surface area contributed by atoms with Gasteiger partial charge < -0.3 is 14.6 Å². The zero-order valence-electron chi connectivity index (χ0n) is 17.0. The molecule has 0 aliphatic rings. The number of hydrogen-bond acceptors (Lipinski definition) is 5. The lowest BCUT2D eigenvalue weighted by atomic mass is 10.1. The van der Waals surface area contributed by atoms with E-state index in [0.29, 0.717) is 12.8 Å². The zero-order valence-corrected chi connectivity index (χ0v) is 17.0. The van der Waals surface area contributed by atoms with Crippen LogP contribution in [0.2, 0.25) is 0 Å². The topological polar surface area (TPSA) is 72.8 Å². The molecule has 0 heterocycles. The summed E-state index contributed by atoms with van der Waals surface area (Å²) in [6.45, 7) is 4.16. The van der Waals surface area contributed by atoms with Crippen molar-refractivity contribution in [2.75, 3.05) is 6.61 Å². The van der Waals surface area contributed by atoms with Crippen LogP contribution in [0, 0.1) is 0 Å². The first-order valence-corrected chi connectivity index (χ1v) is 10.6. The van der Waals surface area contributed by atoms with Gasteiger partial charge in [-0.3, -0.25) is 9.59 Å². The molecule has 0 aromatic carbocycles. The quantitative estimate of drug-likeness (QED) is 0.201. The molecule has 1 atom stereocenters. The number of hydrogen-bond donors (Lipinski definition) is 1. The number of aliphatic hydroxyl groups is 1. The molecule has 0 amide bonds. The highest BCUT2D eigenvalue weighted by Crippen LogP contribution is 2.12. The number of aliphatic hydroxyl groups excluding tert-OH is 1. The van der Waals surface area contributed by atoms with Crippen molar-refractivity contribution in [2.45, 2.75) is 116 Å². The molecule has 0 aliphatic heterocycles. The summed E-state index contributed by atoms with van der Waals surface area (Å²) >= 11 is 0. The number of carbonyl (C=O) groups is 2. The van der Waals surface area contributed by atoms with Gasteiger partial charge in [0, 0.05) is 19.3 Å². The standard InChI is InChI=1S/C21H40O5/c1-3-5-7-9-10-12-14-16-20(24)26-21(17-18-22)25-19(23)15-13-11-8-6-4-2/h21-22H,3-18H2,1-2H3. The van der Waals surface area contributed by atoms with Gasteiger partial charge in [-0.1, -0.05) is 78.1 Å². The summed E-state index contributed by atoms with van der Waals surface area (Å²) in [6.07, 6.45) is 13.0. The van der Waals surface area contributed by atoms with E-state index in [4.69, 9.17) is 14.6 Å². The number of ether oxygens (including phenoxy) is 2. The Hall–Kier alpha value is -1.10. The van der Waals surface area contributed by atoms with E-state index in [9.17, 15) is 9.59 Å². The molecule has 0 aromatic rings. The Bertz CT molecular complexity index is 343. The summed E-state index contributed by atoms with van der Waals surface area (Å²) in [7, 11) is 0. The maximum absolute atomic E-state index is 11.9. The monoisotopic (exact) mass is 372 g/mol. The lowest BCUT2D eigenvalue weighted by Crippen LogP contribution is -2.25. The van der Waals surface area contributed by atoms with Gasteiger partial charge in [-0.05, 0) is 12.8 Å². The van der Waals surface area contributed by atoms with E-state index in [1.165, 1.54) is 32.1 Å². The van der Waals surface area contributed by atoms with E-state index in [2.05, 4.69) is 13.8 Å². The Morgan fingerprint density at radius 1 is 0.692 bits per heavy atom. The maximum atomic E-state index is 11.9. The first kappa shape index (κ1) is 24.9. The summed E-state index contributed by atoms with van der Waals surface area (Å²) in [6, 6.07) is 0. The van der Waals surface area contributed by atoms with Gasteiger partial charge in [0.2, 0.25) is 6.29 Å². The summed E-state index contributed by atoms with van der Waals surface area (Å²) in [4.78, 5) is 23.7. The van der Waals surface area contributed by atoms with Crippen LogP contribution < -0.4 is 0 Å². The maximum Gasteiger partial charge on any atom is 0.308 e. The van der Waals surface area contributed by atoms with Crippen molar-refractivity contribution in [3.05, 3.63) is 0 Å². The molecule has 0 radical (unpaired) electrons. The average molecular weight is 373 g/mol. The minimum Gasteiger partial charge on any atom is -0.425 e. The zero-order chi connectivity index (χ0) is 19.5. The van der Waals surface area contributed by atoms with Crippen molar-refractivity contribution in [3.63, 3.8) is 0 Å². The van der Waals surface area contributed by atoms with Gasteiger partial charge in [0.15, 0.2) is 0 Å². The molecular formula is C21H40O5. The van der Waals surface area contributed by atoms with Gasteiger partial charge in [0.1, 0.15) is 0 Å². The van der Waals surface area contributed by atoms with Gasteiger partial charge in [-0.2, -0.15) is 0 Å². The Labute approximate surface area is 159 Å². The van der Waals surface area contributed by atoms with Crippen molar-refractivity contribution >= 4 is 11.9 Å². The van der Waals surface area contributed by atoms with E-state index in [1.54, 1.807) is 0 Å². The molecular weight excluding hydrogens is 332 g/mol. The third-order valence-corrected chi connectivity index (χ3v) is 4.36. The predicted molar refractivity (Wildman–Crippen MR) is 104 cm³/mol. The van der Waals surface area contributed by atoms with Crippen LogP contribution >= 0.6 is 0 Å². The van der Waals surface area contributed by atoms with Crippen molar-refractivity contribution in [3.8, 4) is 0 Å². The fraction of sp³-hybridized carbons (Fsp3) is 0.905. The normalized spacial score (nSPS) is 12.0. The summed E-state index contributed by atoms with van der Waals surface area (Å²) in [5, 5.41) is 9.07. The van der Waals surface area contributed by atoms with Crippen molar-refractivity contribution in [1.82, 2.24) is 0 Å². The first-order valence-electron chi connectivity index (χ1n) is 10.6. The van der Waals surface area contributed by atoms with Crippen LogP contribution in [-0.2, 0) is 19.1 Å². The lowest BCUT2D eigenvalue weighted by molar-refractivity contribution is -0.190. The second kappa shape index (κ2) is 18.7. The third kappa shape index (κ3) is 16.4. The van der Waals surface area contributed by atoms with Crippen LogP contribution in [0.3, 0.4) is 0 Å². The molecule has 1 unspecified atom stereocenters. The highest BCUT2D eigenvalue weighted by molar-refractivity contribution is 5.71. The van der Waals surface area contributed by atoms with Crippen molar-refractivity contribution < 1.29 is 24.2 Å². The largest absolute Gasteiger partial charge is 0.425 e. The highest BCUT2D eigenvalue weighted by atomic mass is 16.7. The Kier molecular flexibility index (Phi) is 17.9. The average Bonchev–Trinajstić information content (AvgIpc) is 2.61. The van der Waals surface area contributed by atoms with Crippen molar-refractivity contribution in [2.24, 2.45) is 0 Å². The fourth-order valence-corrected chi connectivity index (χ4v) is 2.76. The molecule has 0 saturated heterocycles. The minimum absolute atomic E-state index is 0.129. The van der Waals surface area contributed by atoms with Gasteiger partial charge in [0.25, 0.3) is 0 Å². The Balaban J connectivity index is 3.87. The van der Waals surface area contributed by atoms with Crippen LogP contribution in [-0.4, -0.2) is 29.9 Å². The van der Waals surface area contributed by atoms with E-state index in [0.717, 1.165) is 44.9 Å². The molecule has 0 spiro atoms. The molecule has 0 rings (SSSR count). The SMILES string of the molecule is CCCCCCCCCC(=O)OC(CCO)OC(=O)CCCCCCC. The van der Waals surface area contributed by atoms with Crippen molar-refractivity contribution in [1.29, 1.82) is 0 Å². The lowest BCUT2D eigenvalue weighted by Gasteiger charge is -2.17. The van der Waals surface area contributed by atoms with Gasteiger partial charge in [-0.25, -0.2) is 0 Å². The molecule has 0 aromatic heterocycles. The van der Waals surface area contributed by atoms with E-state index in [1.807, 2.05) is 0 Å². The second-order valence-corrected chi connectivity index (χ2v) is 6.96. The van der Waals surface area contributed by atoms with Crippen LogP contribution in [0.5, 0.6) is 0 Å². The smallest absolute Gasteiger partial charge is 0.308 e. The molecule has 0 bridgehead atoms. The summed E-state index contributed by atoms with van der Waals surface area (Å²) in [5.41, 5.74) is 0. The van der Waals surface area contributed by atoms with E-state index >= 15 is 0 Å². The fourth-order valence-electron chi connectivity index (χ4n) is 2.76. The van der Waals surface area contributed by atoms with Crippen LogP contribution in [0.25, 0.3) is 0 Å². The van der Waals surface area contributed by atoms with Crippen LogP contribution in [0.15, 0.2) is 0 Å². The molecule has 0 aliphatic carbocycles. The number of unbranched alkanes of at least 4 members (excludes halogenated alkanes) is 10. The number of rotatable bonds is 18. The Morgan fingerprint density at radius 3 is 1.46 bits per heavy atom. The second-order valence-electron chi connectivity index (χ2n) is 6.96. The molecule has 5 nitrogen and oxygen atoms in total. The van der Waals surface area contributed by atoms with Gasteiger partial charge in [0.05, 0.1) is 6.61 Å². The van der Waals surface area contributed by atoms with Crippen LogP contribution in [0.1, 0.15) is 110 Å². The van der Waals surface area contributed by atoms with Gasteiger partial charge in [-0.15, -0.1) is 0 Å². The summed E-state index contributed by atoms with van der Waals surface area (Å²) < 4.78 is 10.4. The molecule has 1 N–H and O–H groups in total. The van der Waals surface area contributed by atoms with E-state index in [-0.39, 0.29) is 25.0 Å².